The standard InChI is InChI=1S/C33H25NS/c1-33(2)28-15-6-3-10-22(28)27-20-21(18-19-29(27)33)34-30-16-7-4-11-23(30)25-13-9-14-26-24-12-5-8-17-31(24)35-32(25)26/h3-20,34H,1-2H3. The van der Waals surface area contributed by atoms with Gasteiger partial charge in [-0.15, -0.1) is 11.3 Å². The molecule has 1 N–H and O–H groups in total. The molecule has 6 aromatic rings. The fraction of sp³-hybridized carbons (Fsp3) is 0.0909. The Morgan fingerprint density at radius 1 is 0.571 bits per heavy atom. The van der Waals surface area contributed by atoms with E-state index in [9.17, 15) is 0 Å². The molecule has 1 heterocycles. The summed E-state index contributed by atoms with van der Waals surface area (Å²) in [5, 5.41) is 6.42. The van der Waals surface area contributed by atoms with Crippen molar-refractivity contribution in [3.05, 3.63) is 120 Å². The third-order valence-corrected chi connectivity index (χ3v) is 8.70. The van der Waals surface area contributed by atoms with Crippen LogP contribution in [0, 0.1) is 0 Å². The van der Waals surface area contributed by atoms with Crippen molar-refractivity contribution in [1.29, 1.82) is 0 Å². The largest absolute Gasteiger partial charge is 0.355 e. The van der Waals surface area contributed by atoms with Crippen molar-refractivity contribution in [3.8, 4) is 22.3 Å². The van der Waals surface area contributed by atoms with Gasteiger partial charge in [0.2, 0.25) is 0 Å². The highest BCUT2D eigenvalue weighted by atomic mass is 32.1. The van der Waals surface area contributed by atoms with Gasteiger partial charge in [0.25, 0.3) is 0 Å². The molecule has 7 rings (SSSR count). The first-order chi connectivity index (χ1) is 17.1. The summed E-state index contributed by atoms with van der Waals surface area (Å²) in [4.78, 5) is 0. The van der Waals surface area contributed by atoms with Gasteiger partial charge in [-0.3, -0.25) is 0 Å². The Balaban J connectivity index is 1.35. The van der Waals surface area contributed by atoms with Gasteiger partial charge in [0.05, 0.1) is 0 Å². The Morgan fingerprint density at radius 2 is 1.26 bits per heavy atom. The number of para-hydroxylation sites is 1. The lowest BCUT2D eigenvalue weighted by Gasteiger charge is -2.21. The van der Waals surface area contributed by atoms with Gasteiger partial charge in [-0.2, -0.15) is 0 Å². The second kappa shape index (κ2) is 7.56. The summed E-state index contributed by atoms with van der Waals surface area (Å²) in [6, 6.07) is 39.7. The molecule has 0 aliphatic heterocycles. The SMILES string of the molecule is CC1(C)c2ccccc2-c2cc(Nc3ccccc3-c3cccc4c3sc3ccccc34)ccc21. The van der Waals surface area contributed by atoms with Crippen LogP contribution >= 0.6 is 11.3 Å². The lowest BCUT2D eigenvalue weighted by atomic mass is 9.82. The van der Waals surface area contributed by atoms with E-state index in [0.29, 0.717) is 0 Å². The molecule has 1 aromatic heterocycles. The molecular weight excluding hydrogens is 442 g/mol. The predicted molar refractivity (Wildman–Crippen MR) is 152 cm³/mol. The maximum Gasteiger partial charge on any atom is 0.0464 e. The Bertz CT molecular complexity index is 1750. The van der Waals surface area contributed by atoms with Crippen molar-refractivity contribution in [2.75, 3.05) is 5.32 Å². The highest BCUT2D eigenvalue weighted by molar-refractivity contribution is 7.26. The van der Waals surface area contributed by atoms with E-state index < -0.39 is 0 Å². The molecule has 0 saturated carbocycles. The van der Waals surface area contributed by atoms with Crippen LogP contribution in [-0.4, -0.2) is 0 Å². The Hall–Kier alpha value is -3.88. The Labute approximate surface area is 209 Å². The molecule has 35 heavy (non-hydrogen) atoms. The van der Waals surface area contributed by atoms with Crippen molar-refractivity contribution in [3.63, 3.8) is 0 Å². The molecule has 0 fully saturated rings. The van der Waals surface area contributed by atoms with Crippen LogP contribution in [0.4, 0.5) is 11.4 Å². The first kappa shape index (κ1) is 20.5. The van der Waals surface area contributed by atoms with Gasteiger partial charge in [0, 0.05) is 48.1 Å². The first-order valence-electron chi connectivity index (χ1n) is 12.1. The summed E-state index contributed by atoms with van der Waals surface area (Å²) in [5.74, 6) is 0. The van der Waals surface area contributed by atoms with Gasteiger partial charge in [-0.25, -0.2) is 0 Å². The van der Waals surface area contributed by atoms with Crippen LogP contribution in [0.3, 0.4) is 0 Å². The fourth-order valence-corrected chi connectivity index (χ4v) is 6.97. The van der Waals surface area contributed by atoms with E-state index >= 15 is 0 Å². The van der Waals surface area contributed by atoms with Gasteiger partial charge in [0.15, 0.2) is 0 Å². The topological polar surface area (TPSA) is 12.0 Å². The zero-order chi connectivity index (χ0) is 23.6. The molecule has 0 atom stereocenters. The monoisotopic (exact) mass is 467 g/mol. The summed E-state index contributed by atoms with van der Waals surface area (Å²) in [5.41, 5.74) is 10.3. The van der Waals surface area contributed by atoms with Gasteiger partial charge in [-0.1, -0.05) is 98.8 Å². The summed E-state index contributed by atoms with van der Waals surface area (Å²) >= 11 is 1.88. The van der Waals surface area contributed by atoms with Crippen LogP contribution < -0.4 is 5.32 Å². The summed E-state index contributed by atoms with van der Waals surface area (Å²) < 4.78 is 2.67. The van der Waals surface area contributed by atoms with E-state index in [1.54, 1.807) is 0 Å². The number of hydrogen-bond donors (Lipinski definition) is 1. The van der Waals surface area contributed by atoms with E-state index in [1.807, 2.05) is 11.3 Å². The van der Waals surface area contributed by atoms with E-state index in [-0.39, 0.29) is 5.41 Å². The quantitative estimate of drug-likeness (QED) is 0.273. The minimum atomic E-state index is 0.0270. The van der Waals surface area contributed by atoms with Gasteiger partial charge < -0.3 is 5.32 Å². The molecule has 1 nitrogen and oxygen atoms in total. The lowest BCUT2D eigenvalue weighted by molar-refractivity contribution is 0.660. The molecule has 0 bridgehead atoms. The van der Waals surface area contributed by atoms with Gasteiger partial charge >= 0.3 is 0 Å². The fourth-order valence-electron chi connectivity index (χ4n) is 5.74. The number of fused-ring (bicyclic) bond motifs is 6. The van der Waals surface area contributed by atoms with Gasteiger partial charge in [-0.05, 0) is 46.5 Å². The van der Waals surface area contributed by atoms with Crippen molar-refractivity contribution in [1.82, 2.24) is 0 Å². The first-order valence-corrected chi connectivity index (χ1v) is 12.9. The van der Waals surface area contributed by atoms with Crippen LogP contribution in [0.25, 0.3) is 42.4 Å². The summed E-state index contributed by atoms with van der Waals surface area (Å²) in [6.45, 7) is 4.65. The molecule has 1 aliphatic rings. The van der Waals surface area contributed by atoms with Crippen molar-refractivity contribution >= 4 is 42.9 Å². The summed E-state index contributed by atoms with van der Waals surface area (Å²) in [6.07, 6.45) is 0. The van der Waals surface area contributed by atoms with Crippen LogP contribution in [0.5, 0.6) is 0 Å². The minimum Gasteiger partial charge on any atom is -0.355 e. The second-order valence-electron chi connectivity index (χ2n) is 9.88. The maximum absolute atomic E-state index is 3.76. The summed E-state index contributed by atoms with van der Waals surface area (Å²) in [7, 11) is 0. The minimum absolute atomic E-state index is 0.0270. The predicted octanol–water partition coefficient (Wildman–Crippen LogP) is 9.77. The van der Waals surface area contributed by atoms with Crippen molar-refractivity contribution in [2.24, 2.45) is 0 Å². The average Bonchev–Trinajstić information content (AvgIpc) is 3.38. The number of anilines is 2. The van der Waals surface area contributed by atoms with Crippen LogP contribution in [-0.2, 0) is 5.41 Å². The lowest BCUT2D eigenvalue weighted by Crippen LogP contribution is -2.14. The number of benzene rings is 5. The van der Waals surface area contributed by atoms with Crippen LogP contribution in [0.2, 0.25) is 0 Å². The average molecular weight is 468 g/mol. The number of nitrogens with one attached hydrogen (secondary N) is 1. The molecule has 5 aromatic carbocycles. The van der Waals surface area contributed by atoms with Crippen molar-refractivity contribution in [2.45, 2.75) is 19.3 Å². The molecule has 0 radical (unpaired) electrons. The number of thiophene rings is 1. The van der Waals surface area contributed by atoms with E-state index in [4.69, 9.17) is 0 Å². The zero-order valence-corrected chi connectivity index (χ0v) is 20.6. The third-order valence-electron chi connectivity index (χ3n) is 7.48. The molecule has 1 aliphatic carbocycles. The third kappa shape index (κ3) is 3.07. The highest BCUT2D eigenvalue weighted by Gasteiger charge is 2.35. The Morgan fingerprint density at radius 3 is 2.17 bits per heavy atom. The highest BCUT2D eigenvalue weighted by Crippen LogP contribution is 2.49. The second-order valence-corrected chi connectivity index (χ2v) is 10.9. The Kier molecular flexibility index (Phi) is 4.43. The number of rotatable bonds is 3. The van der Waals surface area contributed by atoms with Crippen LogP contribution in [0.1, 0.15) is 25.0 Å². The molecule has 0 amide bonds. The molecule has 0 unspecified atom stereocenters. The smallest absolute Gasteiger partial charge is 0.0464 e. The van der Waals surface area contributed by atoms with Crippen molar-refractivity contribution < 1.29 is 0 Å². The molecule has 168 valence electrons. The van der Waals surface area contributed by atoms with Crippen LogP contribution in [0.15, 0.2) is 109 Å². The molecule has 0 spiro atoms. The molecule has 0 saturated heterocycles. The van der Waals surface area contributed by atoms with Gasteiger partial charge in [0.1, 0.15) is 0 Å². The molecule has 2 heteroatoms. The maximum atomic E-state index is 3.76. The molecular formula is C33H25NS. The van der Waals surface area contributed by atoms with E-state index in [2.05, 4.69) is 128 Å². The normalized spacial score (nSPS) is 13.7. The zero-order valence-electron chi connectivity index (χ0n) is 19.8. The van der Waals surface area contributed by atoms with E-state index in [1.165, 1.54) is 53.6 Å². The van der Waals surface area contributed by atoms with E-state index in [0.717, 1.165) is 11.4 Å². The number of hydrogen-bond acceptors (Lipinski definition) is 2.